The van der Waals surface area contributed by atoms with Gasteiger partial charge in [-0.3, -0.25) is 4.79 Å². The summed E-state index contributed by atoms with van der Waals surface area (Å²) in [5.74, 6) is 1.76. The molecule has 1 aliphatic rings. The van der Waals surface area contributed by atoms with Crippen LogP contribution in [0.4, 0.5) is 5.69 Å². The van der Waals surface area contributed by atoms with Crippen LogP contribution in [-0.4, -0.2) is 44.2 Å². The number of anilines is 1. The fourth-order valence-corrected chi connectivity index (χ4v) is 3.63. The van der Waals surface area contributed by atoms with Crippen LogP contribution < -0.4 is 14.8 Å². The Labute approximate surface area is 167 Å². The average Bonchev–Trinajstić information content (AvgIpc) is 2.73. The molecule has 1 unspecified atom stereocenters. The van der Waals surface area contributed by atoms with Crippen molar-refractivity contribution in [1.82, 2.24) is 4.90 Å². The molecular weight excluding hydrogens is 352 g/mol. The van der Waals surface area contributed by atoms with Crippen molar-refractivity contribution in [3.63, 3.8) is 0 Å². The third-order valence-electron chi connectivity index (χ3n) is 5.29. The van der Waals surface area contributed by atoms with E-state index in [-0.39, 0.29) is 11.9 Å². The van der Waals surface area contributed by atoms with Gasteiger partial charge in [0.25, 0.3) is 5.91 Å². The molecule has 150 valence electrons. The lowest BCUT2D eigenvalue weighted by molar-refractivity contribution is 0.0714. The molecule has 5 nitrogen and oxygen atoms in total. The van der Waals surface area contributed by atoms with Gasteiger partial charge in [-0.25, -0.2) is 0 Å². The number of carbonyl (C=O) groups is 1. The number of benzene rings is 2. The van der Waals surface area contributed by atoms with Crippen molar-refractivity contribution in [3.8, 4) is 11.5 Å². The predicted molar refractivity (Wildman–Crippen MR) is 113 cm³/mol. The van der Waals surface area contributed by atoms with Crippen LogP contribution in [-0.2, 0) is 0 Å². The van der Waals surface area contributed by atoms with Gasteiger partial charge in [0.15, 0.2) is 11.5 Å². The quantitative estimate of drug-likeness (QED) is 0.797. The third-order valence-corrected chi connectivity index (χ3v) is 5.29. The highest BCUT2D eigenvalue weighted by Gasteiger charge is 2.25. The average molecular weight is 383 g/mol. The lowest BCUT2D eigenvalue weighted by Gasteiger charge is -2.34. The Balaban J connectivity index is 1.66. The van der Waals surface area contributed by atoms with E-state index >= 15 is 0 Å². The van der Waals surface area contributed by atoms with E-state index in [2.05, 4.69) is 43.4 Å². The number of hydrogen-bond donors (Lipinski definition) is 1. The van der Waals surface area contributed by atoms with Crippen LogP contribution in [0.2, 0.25) is 0 Å². The zero-order valence-corrected chi connectivity index (χ0v) is 17.2. The number of hydrogen-bond acceptors (Lipinski definition) is 4. The van der Waals surface area contributed by atoms with E-state index in [4.69, 9.17) is 9.47 Å². The number of methoxy groups -OCH3 is 2. The lowest BCUT2D eigenvalue weighted by Crippen LogP contribution is -2.45. The molecule has 0 spiro atoms. The highest BCUT2D eigenvalue weighted by atomic mass is 16.5. The van der Waals surface area contributed by atoms with E-state index in [1.165, 1.54) is 5.56 Å². The number of nitrogens with one attached hydrogen (secondary N) is 1. The molecule has 1 amide bonds. The van der Waals surface area contributed by atoms with Gasteiger partial charge in [0, 0.05) is 30.4 Å². The molecule has 1 heterocycles. The standard InChI is InChI=1S/C23H30N2O3/c1-16(2)17-7-10-19(11-8-17)24-20-6-5-13-25(15-20)23(26)18-9-12-21(27-3)22(14-18)28-4/h7-12,14,16,20,24H,5-6,13,15H2,1-4H3. The summed E-state index contributed by atoms with van der Waals surface area (Å²) in [4.78, 5) is 14.9. The topological polar surface area (TPSA) is 50.8 Å². The molecule has 0 aromatic heterocycles. The van der Waals surface area contributed by atoms with E-state index in [1.54, 1.807) is 32.4 Å². The molecule has 28 heavy (non-hydrogen) atoms. The normalized spacial score (nSPS) is 16.8. The van der Waals surface area contributed by atoms with Gasteiger partial charge in [0.1, 0.15) is 0 Å². The van der Waals surface area contributed by atoms with Crippen LogP contribution in [0.1, 0.15) is 48.5 Å². The SMILES string of the molecule is COc1ccc(C(=O)N2CCCC(Nc3ccc(C(C)C)cc3)C2)cc1OC. The van der Waals surface area contributed by atoms with Crippen molar-refractivity contribution in [2.45, 2.75) is 38.6 Å². The van der Waals surface area contributed by atoms with E-state index in [0.29, 0.717) is 29.5 Å². The highest BCUT2D eigenvalue weighted by Crippen LogP contribution is 2.28. The van der Waals surface area contributed by atoms with Crippen LogP contribution in [0.5, 0.6) is 11.5 Å². The van der Waals surface area contributed by atoms with Crippen LogP contribution >= 0.6 is 0 Å². The maximum atomic E-state index is 13.0. The van der Waals surface area contributed by atoms with E-state index in [9.17, 15) is 4.79 Å². The summed E-state index contributed by atoms with van der Waals surface area (Å²) in [7, 11) is 3.17. The van der Waals surface area contributed by atoms with Crippen molar-refractivity contribution in [2.75, 3.05) is 32.6 Å². The Kier molecular flexibility index (Phi) is 6.45. The second-order valence-electron chi connectivity index (χ2n) is 7.58. The maximum absolute atomic E-state index is 13.0. The Morgan fingerprint density at radius 2 is 1.79 bits per heavy atom. The number of carbonyl (C=O) groups excluding carboxylic acids is 1. The first-order valence-corrected chi connectivity index (χ1v) is 9.89. The van der Waals surface area contributed by atoms with E-state index in [1.807, 2.05) is 4.90 Å². The third kappa shape index (κ3) is 4.58. The zero-order valence-electron chi connectivity index (χ0n) is 17.2. The molecule has 1 aliphatic heterocycles. The molecule has 1 fully saturated rings. The Morgan fingerprint density at radius 1 is 1.07 bits per heavy atom. The number of rotatable bonds is 6. The van der Waals surface area contributed by atoms with Crippen LogP contribution in [0.15, 0.2) is 42.5 Å². The summed E-state index contributed by atoms with van der Waals surface area (Å²) in [6.45, 7) is 5.86. The summed E-state index contributed by atoms with van der Waals surface area (Å²) >= 11 is 0. The van der Waals surface area contributed by atoms with Gasteiger partial charge >= 0.3 is 0 Å². The van der Waals surface area contributed by atoms with Gasteiger partial charge in [-0.2, -0.15) is 0 Å². The number of ether oxygens (including phenoxy) is 2. The van der Waals surface area contributed by atoms with Gasteiger partial charge in [-0.1, -0.05) is 26.0 Å². The van der Waals surface area contributed by atoms with Gasteiger partial charge < -0.3 is 19.7 Å². The van der Waals surface area contributed by atoms with Crippen LogP contribution in [0.3, 0.4) is 0 Å². The van der Waals surface area contributed by atoms with Gasteiger partial charge in [0.05, 0.1) is 14.2 Å². The summed E-state index contributed by atoms with van der Waals surface area (Å²) in [5, 5.41) is 3.59. The van der Waals surface area contributed by atoms with Crippen LogP contribution in [0, 0.1) is 0 Å². The van der Waals surface area contributed by atoms with Crippen molar-refractivity contribution in [1.29, 1.82) is 0 Å². The molecule has 3 rings (SSSR count). The van der Waals surface area contributed by atoms with Crippen molar-refractivity contribution in [3.05, 3.63) is 53.6 Å². The minimum absolute atomic E-state index is 0.0302. The maximum Gasteiger partial charge on any atom is 0.254 e. The number of piperidine rings is 1. The summed E-state index contributed by atoms with van der Waals surface area (Å²) in [6.07, 6.45) is 2.04. The first kappa shape index (κ1) is 20.1. The lowest BCUT2D eigenvalue weighted by atomic mass is 10.0. The van der Waals surface area contributed by atoms with Crippen molar-refractivity contribution in [2.24, 2.45) is 0 Å². The fraction of sp³-hybridized carbons (Fsp3) is 0.435. The van der Waals surface area contributed by atoms with Crippen molar-refractivity contribution < 1.29 is 14.3 Å². The minimum Gasteiger partial charge on any atom is -0.493 e. The van der Waals surface area contributed by atoms with Crippen molar-refractivity contribution >= 4 is 11.6 Å². The van der Waals surface area contributed by atoms with Gasteiger partial charge in [0.2, 0.25) is 0 Å². The predicted octanol–water partition coefficient (Wildman–Crippen LogP) is 4.54. The highest BCUT2D eigenvalue weighted by molar-refractivity contribution is 5.95. The molecule has 2 aromatic carbocycles. The smallest absolute Gasteiger partial charge is 0.254 e. The fourth-order valence-electron chi connectivity index (χ4n) is 3.63. The Bertz CT molecular complexity index is 802. The summed E-state index contributed by atoms with van der Waals surface area (Å²) < 4.78 is 10.6. The minimum atomic E-state index is 0.0302. The summed E-state index contributed by atoms with van der Waals surface area (Å²) in [6, 6.07) is 14.2. The second-order valence-corrected chi connectivity index (χ2v) is 7.58. The zero-order chi connectivity index (χ0) is 20.1. The summed E-state index contributed by atoms with van der Waals surface area (Å²) in [5.41, 5.74) is 3.06. The molecule has 5 heteroatoms. The number of likely N-dealkylation sites (tertiary alicyclic amines) is 1. The largest absolute Gasteiger partial charge is 0.493 e. The molecule has 0 saturated carbocycles. The number of amides is 1. The van der Waals surface area contributed by atoms with E-state index < -0.39 is 0 Å². The van der Waals surface area contributed by atoms with Gasteiger partial charge in [-0.15, -0.1) is 0 Å². The molecule has 0 aliphatic carbocycles. The first-order valence-electron chi connectivity index (χ1n) is 9.89. The monoisotopic (exact) mass is 382 g/mol. The number of nitrogens with zero attached hydrogens (tertiary/aromatic N) is 1. The Morgan fingerprint density at radius 3 is 2.43 bits per heavy atom. The molecule has 1 N–H and O–H groups in total. The first-order chi connectivity index (χ1) is 13.5. The van der Waals surface area contributed by atoms with E-state index in [0.717, 1.165) is 25.1 Å². The van der Waals surface area contributed by atoms with Crippen LogP contribution in [0.25, 0.3) is 0 Å². The van der Waals surface area contributed by atoms with Gasteiger partial charge in [-0.05, 0) is 54.7 Å². The Hall–Kier alpha value is -2.69. The second kappa shape index (κ2) is 9.00. The molecular formula is C23H30N2O3. The molecule has 0 bridgehead atoms. The molecule has 1 saturated heterocycles. The molecule has 0 radical (unpaired) electrons. The molecule has 1 atom stereocenters. The molecule has 2 aromatic rings.